The molecule has 4 aliphatic heterocycles. The van der Waals surface area contributed by atoms with Crippen LogP contribution in [-0.2, 0) is 39.5 Å². The Kier molecular flexibility index (Phi) is 9.44. The fourth-order valence-electron chi connectivity index (χ4n) is 10.8. The van der Waals surface area contributed by atoms with Crippen LogP contribution in [0, 0.1) is 23.7 Å². The van der Waals surface area contributed by atoms with E-state index in [9.17, 15) is 19.2 Å². The molecule has 0 unspecified atom stereocenters. The van der Waals surface area contributed by atoms with Crippen molar-refractivity contribution in [2.24, 2.45) is 23.7 Å². The number of rotatable bonds is 2. The number of amides is 2. The molecule has 54 heavy (non-hydrogen) atoms. The van der Waals surface area contributed by atoms with E-state index in [4.69, 9.17) is 9.47 Å². The summed E-state index contributed by atoms with van der Waals surface area (Å²) >= 11 is 0. The van der Waals surface area contributed by atoms with E-state index in [1.807, 2.05) is 73.9 Å². The highest BCUT2D eigenvalue weighted by Crippen LogP contribution is 2.59. The molecular weight excluding hydrogens is 677 g/mol. The summed E-state index contributed by atoms with van der Waals surface area (Å²) in [6, 6.07) is 16.3. The molecule has 2 spiro atoms. The summed E-state index contributed by atoms with van der Waals surface area (Å²) in [5.41, 5.74) is 1.04. The normalized spacial score (nSPS) is 33.0. The number of anilines is 2. The molecule has 4 heterocycles. The van der Waals surface area contributed by atoms with E-state index in [1.54, 1.807) is 0 Å². The third kappa shape index (κ3) is 6.27. The SMILES string of the molecule is CC1(C)CC(=O)[C@@H]2C[C@H]3CCCN(c4ccccc4C(C)(C)C)C(=O)[C@]32O1.CC1(C)CC(=O)[C@@H]2C[C@H]3CCCN(c4ccccc4C(C)(C)C)C(=O)[C@]32O1. The first-order valence-corrected chi connectivity index (χ1v) is 20.4. The van der Waals surface area contributed by atoms with Gasteiger partial charge in [0.2, 0.25) is 0 Å². The number of carbonyl (C=O) groups is 4. The zero-order chi connectivity index (χ0) is 39.2. The predicted molar refractivity (Wildman–Crippen MR) is 212 cm³/mol. The number of para-hydroxylation sites is 2. The molecule has 8 heteroatoms. The Labute approximate surface area is 322 Å². The maximum atomic E-state index is 13.9. The molecule has 292 valence electrons. The molecule has 0 bridgehead atoms. The van der Waals surface area contributed by atoms with Gasteiger partial charge in [-0.1, -0.05) is 77.9 Å². The first-order valence-electron chi connectivity index (χ1n) is 20.4. The molecule has 0 aromatic heterocycles. The number of ether oxygens (including phenoxy) is 2. The summed E-state index contributed by atoms with van der Waals surface area (Å²) < 4.78 is 13.0. The fourth-order valence-corrected chi connectivity index (χ4v) is 10.8. The van der Waals surface area contributed by atoms with Crippen LogP contribution < -0.4 is 9.80 Å². The summed E-state index contributed by atoms with van der Waals surface area (Å²) in [4.78, 5) is 57.3. The van der Waals surface area contributed by atoms with Crippen LogP contribution >= 0.6 is 0 Å². The molecular formula is C46H62N2O6. The second kappa shape index (κ2) is 13.1. The molecule has 2 aromatic rings. The Morgan fingerprint density at radius 3 is 1.28 bits per heavy atom. The molecule has 0 radical (unpaired) electrons. The number of benzene rings is 2. The van der Waals surface area contributed by atoms with E-state index in [2.05, 4.69) is 53.7 Å². The van der Waals surface area contributed by atoms with Crippen LogP contribution in [0.25, 0.3) is 0 Å². The molecule has 2 amide bonds. The van der Waals surface area contributed by atoms with Crippen molar-refractivity contribution < 1.29 is 28.7 Å². The number of hydrogen-bond donors (Lipinski definition) is 0. The second-order valence-corrected chi connectivity index (χ2v) is 20.3. The Morgan fingerprint density at radius 1 is 0.574 bits per heavy atom. The van der Waals surface area contributed by atoms with Crippen LogP contribution in [0.3, 0.4) is 0 Å². The quantitative estimate of drug-likeness (QED) is 0.307. The molecule has 2 aromatic carbocycles. The van der Waals surface area contributed by atoms with Crippen LogP contribution in [0.15, 0.2) is 48.5 Å². The minimum atomic E-state index is -0.958. The molecule has 0 N–H and O–H groups in total. The number of ketones is 2. The molecule has 6 fully saturated rings. The number of Topliss-reactive ketones (excluding diaryl/α,β-unsaturated/α-hetero) is 2. The van der Waals surface area contributed by atoms with Crippen LogP contribution in [-0.4, -0.2) is 58.9 Å². The largest absolute Gasteiger partial charge is 0.358 e. The van der Waals surface area contributed by atoms with Crippen molar-refractivity contribution in [3.8, 4) is 0 Å². The molecule has 2 saturated carbocycles. The van der Waals surface area contributed by atoms with Gasteiger partial charge in [0.05, 0.1) is 23.0 Å². The van der Waals surface area contributed by atoms with Gasteiger partial charge in [0.25, 0.3) is 11.8 Å². The highest BCUT2D eigenvalue weighted by Gasteiger charge is 2.70. The lowest BCUT2D eigenvalue weighted by atomic mass is 9.55. The summed E-state index contributed by atoms with van der Waals surface area (Å²) in [7, 11) is 0. The lowest BCUT2D eigenvalue weighted by molar-refractivity contribution is -0.251. The molecule has 2 aliphatic carbocycles. The Hall–Kier alpha value is -3.36. The van der Waals surface area contributed by atoms with Gasteiger partial charge < -0.3 is 19.3 Å². The smallest absolute Gasteiger partial charge is 0.260 e. The summed E-state index contributed by atoms with van der Waals surface area (Å²) in [5.74, 6) is 0.160. The standard InChI is InChI=1S/2C23H31NO3/c2*1-21(2,3)16-10-6-7-11-18(16)24-12-8-9-15-13-17-19(25)14-22(4,5)27-23(15,17)20(24)26/h2*6-7,10-11,15,17H,8-9,12-14H2,1-5H3/t2*15-,17+,23+/m11/s1. The van der Waals surface area contributed by atoms with Crippen LogP contribution in [0.1, 0.15) is 132 Å². The van der Waals surface area contributed by atoms with E-state index in [-0.39, 0.29) is 57.9 Å². The van der Waals surface area contributed by atoms with Crippen LogP contribution in [0.4, 0.5) is 11.4 Å². The van der Waals surface area contributed by atoms with Gasteiger partial charge in [0.1, 0.15) is 11.6 Å². The zero-order valence-corrected chi connectivity index (χ0v) is 34.3. The fraction of sp³-hybridized carbons (Fsp3) is 0.652. The third-order valence-electron chi connectivity index (χ3n) is 13.2. The Balaban J connectivity index is 0.000000167. The lowest BCUT2D eigenvalue weighted by Gasteiger charge is -2.59. The summed E-state index contributed by atoms with van der Waals surface area (Å²) in [5, 5.41) is 0. The Morgan fingerprint density at radius 2 is 0.926 bits per heavy atom. The third-order valence-corrected chi connectivity index (χ3v) is 13.2. The molecule has 8 rings (SSSR count). The van der Waals surface area contributed by atoms with Crippen LogP contribution in [0.2, 0.25) is 0 Å². The molecule has 8 nitrogen and oxygen atoms in total. The molecule has 6 atom stereocenters. The van der Waals surface area contributed by atoms with E-state index >= 15 is 0 Å². The van der Waals surface area contributed by atoms with Gasteiger partial charge in [0.15, 0.2) is 11.2 Å². The highest BCUT2D eigenvalue weighted by molar-refractivity contribution is 6.07. The van der Waals surface area contributed by atoms with Gasteiger partial charge in [-0.05, 0) is 112 Å². The zero-order valence-electron chi connectivity index (χ0n) is 34.3. The minimum Gasteiger partial charge on any atom is -0.358 e. The van der Waals surface area contributed by atoms with Crippen LogP contribution in [0.5, 0.6) is 0 Å². The van der Waals surface area contributed by atoms with Crippen molar-refractivity contribution in [1.29, 1.82) is 0 Å². The van der Waals surface area contributed by atoms with Crippen molar-refractivity contribution in [2.45, 2.75) is 154 Å². The van der Waals surface area contributed by atoms with Crippen molar-refractivity contribution in [3.63, 3.8) is 0 Å². The van der Waals surface area contributed by atoms with E-state index in [1.165, 1.54) is 0 Å². The van der Waals surface area contributed by atoms with Crippen molar-refractivity contribution in [1.82, 2.24) is 0 Å². The van der Waals surface area contributed by atoms with Crippen molar-refractivity contribution in [2.75, 3.05) is 22.9 Å². The average Bonchev–Trinajstić information content (AvgIpc) is 3.20. The summed E-state index contributed by atoms with van der Waals surface area (Å²) in [6.45, 7) is 22.2. The first-order chi connectivity index (χ1) is 25.1. The average molecular weight is 739 g/mol. The highest BCUT2D eigenvalue weighted by atomic mass is 16.5. The maximum Gasteiger partial charge on any atom is 0.260 e. The number of carbonyl (C=O) groups excluding carboxylic acids is 4. The topological polar surface area (TPSA) is 93.2 Å². The second-order valence-electron chi connectivity index (χ2n) is 20.3. The number of nitrogens with zero attached hydrogens (tertiary/aromatic N) is 2. The van der Waals surface area contributed by atoms with Gasteiger partial charge in [-0.25, -0.2) is 0 Å². The van der Waals surface area contributed by atoms with Crippen molar-refractivity contribution in [3.05, 3.63) is 59.7 Å². The van der Waals surface area contributed by atoms with Gasteiger partial charge >= 0.3 is 0 Å². The predicted octanol–water partition coefficient (Wildman–Crippen LogP) is 8.51. The van der Waals surface area contributed by atoms with Crippen molar-refractivity contribution >= 4 is 34.8 Å². The van der Waals surface area contributed by atoms with Gasteiger partial charge in [0, 0.05) is 37.3 Å². The van der Waals surface area contributed by atoms with E-state index in [0.29, 0.717) is 25.9 Å². The van der Waals surface area contributed by atoms with Gasteiger partial charge in [-0.3, -0.25) is 19.2 Å². The Bertz CT molecular complexity index is 1720. The number of hydrogen-bond acceptors (Lipinski definition) is 6. The van der Waals surface area contributed by atoms with E-state index in [0.717, 1.165) is 61.0 Å². The lowest BCUT2D eigenvalue weighted by Crippen LogP contribution is -2.72. The first kappa shape index (κ1) is 38.9. The monoisotopic (exact) mass is 738 g/mol. The van der Waals surface area contributed by atoms with Gasteiger partial charge in [-0.2, -0.15) is 0 Å². The minimum absolute atomic E-state index is 0.000856. The molecule has 6 aliphatic rings. The summed E-state index contributed by atoms with van der Waals surface area (Å²) in [6.07, 6.45) is 6.18. The van der Waals surface area contributed by atoms with E-state index < -0.39 is 22.4 Å². The van der Waals surface area contributed by atoms with Gasteiger partial charge in [-0.15, -0.1) is 0 Å². The molecule has 4 saturated heterocycles. The maximum absolute atomic E-state index is 13.9.